The van der Waals surface area contributed by atoms with E-state index in [1.165, 1.54) is 10.9 Å². The first-order valence-electron chi connectivity index (χ1n) is 11.0. The molecule has 0 aliphatic carbocycles. The molecule has 1 atom stereocenters. The van der Waals surface area contributed by atoms with Crippen LogP contribution in [0.15, 0.2) is 36.5 Å². The summed E-state index contributed by atoms with van der Waals surface area (Å²) >= 11 is 0. The number of aromatic nitrogens is 3. The van der Waals surface area contributed by atoms with E-state index in [0.717, 1.165) is 11.8 Å². The van der Waals surface area contributed by atoms with Crippen LogP contribution in [-0.4, -0.2) is 67.4 Å². The fourth-order valence-corrected chi connectivity index (χ4v) is 4.30. The highest BCUT2D eigenvalue weighted by Crippen LogP contribution is 2.36. The number of amides is 1. The van der Waals surface area contributed by atoms with E-state index in [0.29, 0.717) is 44.1 Å². The third-order valence-corrected chi connectivity index (χ3v) is 6.12. The molecule has 176 valence electrons. The monoisotopic (exact) mass is 456 g/mol. The molecule has 10 heteroatoms. The van der Waals surface area contributed by atoms with Crippen molar-refractivity contribution in [3.05, 3.63) is 47.9 Å². The lowest BCUT2D eigenvalue weighted by Gasteiger charge is -2.39. The first kappa shape index (κ1) is 22.8. The molecule has 1 spiro atoms. The highest BCUT2D eigenvalue weighted by molar-refractivity contribution is 5.68. The number of ether oxygens (including phenoxy) is 1. The van der Waals surface area contributed by atoms with Gasteiger partial charge in [-0.2, -0.15) is 5.10 Å². The van der Waals surface area contributed by atoms with Crippen LogP contribution in [0.3, 0.4) is 0 Å². The van der Waals surface area contributed by atoms with E-state index in [9.17, 15) is 14.0 Å². The van der Waals surface area contributed by atoms with Gasteiger partial charge in [0, 0.05) is 25.8 Å². The van der Waals surface area contributed by atoms with Gasteiger partial charge in [-0.1, -0.05) is 6.07 Å². The molecule has 2 aromatic heterocycles. The van der Waals surface area contributed by atoms with E-state index in [2.05, 4.69) is 15.4 Å². The predicted octanol–water partition coefficient (Wildman–Crippen LogP) is 2.82. The Bertz CT molecular complexity index is 1060. The summed E-state index contributed by atoms with van der Waals surface area (Å²) in [6.45, 7) is 9.27. The van der Waals surface area contributed by atoms with E-state index >= 15 is 0 Å². The summed E-state index contributed by atoms with van der Waals surface area (Å²) < 4.78 is 20.1. The van der Waals surface area contributed by atoms with Crippen molar-refractivity contribution in [3.63, 3.8) is 0 Å². The molecular weight excluding hydrogens is 427 g/mol. The Morgan fingerprint density at radius 2 is 2.00 bits per heavy atom. The molecule has 0 bridgehead atoms. The van der Waals surface area contributed by atoms with E-state index < -0.39 is 11.4 Å². The Morgan fingerprint density at radius 1 is 1.27 bits per heavy atom. The lowest BCUT2D eigenvalue weighted by Crippen LogP contribution is -2.53. The molecule has 4 heterocycles. The predicted molar refractivity (Wildman–Crippen MR) is 119 cm³/mol. The van der Waals surface area contributed by atoms with Gasteiger partial charge in [0.2, 0.25) is 0 Å². The second-order valence-corrected chi connectivity index (χ2v) is 9.68. The molecular formula is C23H29FN6O3. The lowest BCUT2D eigenvalue weighted by atomic mass is 9.88. The number of likely N-dealkylation sites (tertiary alicyclic amines) is 1. The van der Waals surface area contributed by atoms with Crippen LogP contribution in [0.4, 0.5) is 9.18 Å². The Hall–Kier alpha value is -3.39. The van der Waals surface area contributed by atoms with Gasteiger partial charge in [0.05, 0.1) is 24.0 Å². The first-order valence-corrected chi connectivity index (χ1v) is 11.0. The van der Waals surface area contributed by atoms with Gasteiger partial charge in [-0.25, -0.2) is 23.6 Å². The second kappa shape index (κ2) is 8.51. The van der Waals surface area contributed by atoms with Gasteiger partial charge in [0.25, 0.3) is 0 Å². The second-order valence-electron chi connectivity index (χ2n) is 9.68. The van der Waals surface area contributed by atoms with E-state index in [4.69, 9.17) is 4.74 Å². The number of nitrogens with zero attached hydrogens (tertiary/aromatic N) is 5. The van der Waals surface area contributed by atoms with Crippen molar-refractivity contribution in [2.24, 2.45) is 0 Å². The molecule has 4 rings (SSSR count). The van der Waals surface area contributed by atoms with Crippen LogP contribution in [0.5, 0.6) is 0 Å². The van der Waals surface area contributed by atoms with Crippen LogP contribution < -0.4 is 5.32 Å². The minimum Gasteiger partial charge on any atom is -0.444 e. The Labute approximate surface area is 192 Å². The third kappa shape index (κ3) is 4.85. The maximum Gasteiger partial charge on any atom is 0.410 e. The van der Waals surface area contributed by atoms with Crippen molar-refractivity contribution in [1.29, 1.82) is 0 Å². The summed E-state index contributed by atoms with van der Waals surface area (Å²) in [6, 6.07) is 3.53. The Balaban J connectivity index is 1.43. The zero-order chi connectivity index (χ0) is 23.8. The van der Waals surface area contributed by atoms with Gasteiger partial charge in [0.15, 0.2) is 23.4 Å². The van der Waals surface area contributed by atoms with Gasteiger partial charge >= 0.3 is 6.09 Å². The highest BCUT2D eigenvalue weighted by Gasteiger charge is 2.45. The molecule has 1 N–H and O–H groups in total. The fourth-order valence-electron chi connectivity index (χ4n) is 4.30. The number of carbonyl (C=O) groups is 1. The minimum atomic E-state index is -0.535. The molecule has 33 heavy (non-hydrogen) atoms. The molecule has 2 aromatic rings. The van der Waals surface area contributed by atoms with Crippen LogP contribution in [0.1, 0.15) is 52.1 Å². The van der Waals surface area contributed by atoms with Crippen LogP contribution in [0, 0.1) is 5.82 Å². The normalized spacial score (nSPS) is 18.8. The minimum absolute atomic E-state index is 0.131. The summed E-state index contributed by atoms with van der Waals surface area (Å²) in [5.41, 5.74) is 0.0655. The number of pyridine rings is 1. The molecule has 0 aromatic carbocycles. The molecule has 1 amide bonds. The molecule has 2 saturated heterocycles. The fraction of sp³-hybridized carbons (Fsp3) is 0.522. The number of piperidine rings is 1. The molecule has 2 aliphatic rings. The number of hydrogen-bond acceptors (Lipinski definition) is 7. The van der Waals surface area contributed by atoms with E-state index in [1.54, 1.807) is 17.2 Å². The number of rotatable bonds is 3. The maximum absolute atomic E-state index is 13.2. The first-order chi connectivity index (χ1) is 15.6. The number of nitrogens with one attached hydrogen (secondary N) is 1. The molecule has 2 fully saturated rings. The Kier molecular flexibility index (Phi) is 5.88. The van der Waals surface area contributed by atoms with Crippen LogP contribution in [-0.2, 0) is 9.53 Å². The lowest BCUT2D eigenvalue weighted by molar-refractivity contribution is 0.0159. The van der Waals surface area contributed by atoms with Gasteiger partial charge in [-0.15, -0.1) is 0 Å². The average molecular weight is 457 g/mol. The summed E-state index contributed by atoms with van der Waals surface area (Å²) in [4.78, 5) is 32.2. The molecule has 0 saturated carbocycles. The van der Waals surface area contributed by atoms with Crippen molar-refractivity contribution in [2.45, 2.75) is 57.7 Å². The molecule has 0 radical (unpaired) electrons. The van der Waals surface area contributed by atoms with Crippen LogP contribution in [0.2, 0.25) is 0 Å². The quantitative estimate of drug-likeness (QED) is 0.710. The van der Waals surface area contributed by atoms with E-state index in [1.807, 2.05) is 44.6 Å². The average Bonchev–Trinajstić information content (AvgIpc) is 3.36. The number of hydrogen-bond donors (Lipinski definition) is 1. The van der Waals surface area contributed by atoms with Crippen LogP contribution in [0.25, 0.3) is 5.82 Å². The van der Waals surface area contributed by atoms with Crippen molar-refractivity contribution in [1.82, 2.24) is 29.9 Å². The molecule has 2 aliphatic heterocycles. The van der Waals surface area contributed by atoms with Crippen molar-refractivity contribution in [2.75, 3.05) is 19.6 Å². The molecule has 1 unspecified atom stereocenters. The van der Waals surface area contributed by atoms with Crippen LogP contribution >= 0.6 is 0 Å². The number of halogens is 1. The summed E-state index contributed by atoms with van der Waals surface area (Å²) in [5.74, 6) is 2.53. The van der Waals surface area contributed by atoms with Gasteiger partial charge in [0.1, 0.15) is 5.60 Å². The third-order valence-electron chi connectivity index (χ3n) is 6.12. The summed E-state index contributed by atoms with van der Waals surface area (Å²) in [6.07, 6.45) is 5.18. The standard InChI is InChI=1S/C23H29FN6O3/c1-16(17-5-6-19(25-11-17)30-13-18(24)12-26-30)29-15-23(27-20(29)14-31)7-9-28(10-8-23)21(32)33-22(2,3)4/h5-6,11-13,16,27H,7-10,15H2,1-4H3. The van der Waals surface area contributed by atoms with Gasteiger partial charge in [-0.3, -0.25) is 0 Å². The zero-order valence-corrected chi connectivity index (χ0v) is 19.3. The Morgan fingerprint density at radius 3 is 2.55 bits per heavy atom. The summed E-state index contributed by atoms with van der Waals surface area (Å²) in [5, 5.41) is 7.29. The SMILES string of the molecule is CC(c1ccc(-n2cc(F)cn2)nc1)N1CC2(CCN(C(=O)OC(C)(C)C)CC2)NC1=C=O. The maximum atomic E-state index is 13.2. The van der Waals surface area contributed by atoms with E-state index in [-0.39, 0.29) is 17.7 Å². The smallest absolute Gasteiger partial charge is 0.410 e. The zero-order valence-electron chi connectivity index (χ0n) is 19.3. The highest BCUT2D eigenvalue weighted by atomic mass is 19.1. The largest absolute Gasteiger partial charge is 0.444 e. The van der Waals surface area contributed by atoms with Crippen molar-refractivity contribution in [3.8, 4) is 5.82 Å². The van der Waals surface area contributed by atoms with Crippen molar-refractivity contribution >= 4 is 12.0 Å². The van der Waals surface area contributed by atoms with Gasteiger partial charge in [-0.05, 0) is 52.2 Å². The topological polar surface area (TPSA) is 92.6 Å². The van der Waals surface area contributed by atoms with Gasteiger partial charge < -0.3 is 19.9 Å². The summed E-state index contributed by atoms with van der Waals surface area (Å²) in [7, 11) is 0. The van der Waals surface area contributed by atoms with Crippen molar-refractivity contribution < 1.29 is 18.7 Å². The number of carbonyl (C=O) groups excluding carboxylic acids is 2. The molecule has 9 nitrogen and oxygen atoms in total.